The molecule has 52 valence electrons. The van der Waals surface area contributed by atoms with Gasteiger partial charge in [-0.2, -0.15) is 5.10 Å². The quantitative estimate of drug-likeness (QED) is 0.416. The van der Waals surface area contributed by atoms with E-state index in [0.29, 0.717) is 0 Å². The van der Waals surface area contributed by atoms with Crippen molar-refractivity contribution in [3.05, 3.63) is 12.3 Å². The first-order valence-corrected chi connectivity index (χ1v) is 3.19. The van der Waals surface area contributed by atoms with Crippen LogP contribution in [0.2, 0.25) is 0 Å². The maximum Gasteiger partial charge on any atom is 0.0296 e. The molecule has 0 aliphatic rings. The fraction of sp³-hybridized carbons (Fsp3) is 0.571. The zero-order valence-electron chi connectivity index (χ0n) is 6.33. The van der Waals surface area contributed by atoms with Crippen LogP contribution in [0.1, 0.15) is 20.3 Å². The smallest absolute Gasteiger partial charge is 0.0296 e. The van der Waals surface area contributed by atoms with Crippen molar-refractivity contribution < 1.29 is 0 Å². The van der Waals surface area contributed by atoms with Gasteiger partial charge in [-0.15, -0.1) is 0 Å². The van der Waals surface area contributed by atoms with Gasteiger partial charge in [0.05, 0.1) is 0 Å². The molecule has 0 bridgehead atoms. The summed E-state index contributed by atoms with van der Waals surface area (Å²) in [5.41, 5.74) is 0. The molecule has 2 nitrogen and oxygen atoms in total. The molecule has 0 radical (unpaired) electrons. The van der Waals surface area contributed by atoms with E-state index >= 15 is 0 Å². The lowest BCUT2D eigenvalue weighted by molar-refractivity contribution is 0.491. The zero-order valence-corrected chi connectivity index (χ0v) is 6.33. The summed E-state index contributed by atoms with van der Waals surface area (Å²) in [7, 11) is 1.91. The summed E-state index contributed by atoms with van der Waals surface area (Å²) in [4.78, 5) is 0. The highest BCUT2D eigenvalue weighted by atomic mass is 15.4. The van der Waals surface area contributed by atoms with Crippen LogP contribution in [0.4, 0.5) is 0 Å². The summed E-state index contributed by atoms with van der Waals surface area (Å²) < 4.78 is 0. The molecule has 0 aliphatic heterocycles. The number of rotatable bonds is 3. The van der Waals surface area contributed by atoms with Crippen molar-refractivity contribution in [1.29, 1.82) is 0 Å². The van der Waals surface area contributed by atoms with Crippen molar-refractivity contribution in [2.24, 2.45) is 5.10 Å². The van der Waals surface area contributed by atoms with Crippen molar-refractivity contribution in [2.45, 2.75) is 20.3 Å². The molecular formula is C7H14N2. The molecule has 0 aliphatic carbocycles. The Morgan fingerprint density at radius 2 is 2.22 bits per heavy atom. The Hall–Kier alpha value is -0.790. The first kappa shape index (κ1) is 8.21. The Balaban J connectivity index is 3.48. The monoisotopic (exact) mass is 126 g/mol. The lowest BCUT2D eigenvalue weighted by Gasteiger charge is -2.03. The number of hydrazone groups is 1. The van der Waals surface area contributed by atoms with Gasteiger partial charge in [0.1, 0.15) is 0 Å². The van der Waals surface area contributed by atoms with Crippen molar-refractivity contribution in [2.75, 3.05) is 7.05 Å². The molecule has 0 aromatic carbocycles. The molecule has 0 aromatic rings. The van der Waals surface area contributed by atoms with Gasteiger partial charge < -0.3 is 0 Å². The molecule has 0 aromatic heterocycles. The van der Waals surface area contributed by atoms with Crippen molar-refractivity contribution in [1.82, 2.24) is 5.01 Å². The minimum absolute atomic E-state index is 1.06. The van der Waals surface area contributed by atoms with Crippen LogP contribution in [0.15, 0.2) is 17.4 Å². The minimum atomic E-state index is 1.06. The van der Waals surface area contributed by atoms with E-state index in [0.717, 1.165) is 6.42 Å². The molecule has 0 heterocycles. The van der Waals surface area contributed by atoms with Gasteiger partial charge in [-0.25, -0.2) is 0 Å². The number of allylic oxidation sites excluding steroid dienone is 1. The summed E-state index contributed by atoms with van der Waals surface area (Å²) in [6.45, 7) is 4.00. The highest BCUT2D eigenvalue weighted by Gasteiger charge is 1.76. The van der Waals surface area contributed by atoms with Gasteiger partial charge in [-0.05, 0) is 13.3 Å². The van der Waals surface area contributed by atoms with E-state index in [2.05, 4.69) is 18.1 Å². The number of hydrogen-bond acceptors (Lipinski definition) is 2. The molecule has 0 atom stereocenters. The Kier molecular flexibility index (Phi) is 4.88. The topological polar surface area (TPSA) is 15.6 Å². The predicted molar refractivity (Wildman–Crippen MR) is 41.4 cm³/mol. The average molecular weight is 126 g/mol. The van der Waals surface area contributed by atoms with Crippen molar-refractivity contribution >= 4 is 6.21 Å². The molecule has 0 amide bonds. The van der Waals surface area contributed by atoms with E-state index in [-0.39, 0.29) is 0 Å². The molecular weight excluding hydrogens is 112 g/mol. The summed E-state index contributed by atoms with van der Waals surface area (Å²) in [6.07, 6.45) is 6.83. The second-order valence-electron chi connectivity index (χ2n) is 1.74. The SMILES string of the molecule is C/C=N\N(C)/C=C/CC. The summed E-state index contributed by atoms with van der Waals surface area (Å²) in [6, 6.07) is 0. The molecule has 0 spiro atoms. The van der Waals surface area contributed by atoms with E-state index in [1.165, 1.54) is 0 Å². The maximum atomic E-state index is 3.98. The normalized spacial score (nSPS) is 11.4. The van der Waals surface area contributed by atoms with Crippen LogP contribution < -0.4 is 0 Å². The van der Waals surface area contributed by atoms with Crippen LogP contribution in [0, 0.1) is 0 Å². The molecule has 0 saturated carbocycles. The largest absolute Gasteiger partial charge is 0.277 e. The van der Waals surface area contributed by atoms with Gasteiger partial charge >= 0.3 is 0 Å². The molecule has 9 heavy (non-hydrogen) atoms. The van der Waals surface area contributed by atoms with Crippen molar-refractivity contribution in [3.63, 3.8) is 0 Å². The third kappa shape index (κ3) is 5.07. The van der Waals surface area contributed by atoms with Gasteiger partial charge in [-0.1, -0.05) is 13.0 Å². The van der Waals surface area contributed by atoms with Gasteiger partial charge in [0.25, 0.3) is 0 Å². The van der Waals surface area contributed by atoms with Gasteiger partial charge in [-0.3, -0.25) is 5.01 Å². The predicted octanol–water partition coefficient (Wildman–Crippen LogP) is 1.85. The van der Waals surface area contributed by atoms with Gasteiger partial charge in [0, 0.05) is 19.5 Å². The third-order valence-corrected chi connectivity index (χ3v) is 0.854. The lowest BCUT2D eigenvalue weighted by Crippen LogP contribution is -1.99. The van der Waals surface area contributed by atoms with E-state index < -0.39 is 0 Å². The van der Waals surface area contributed by atoms with Crippen LogP contribution in [0.5, 0.6) is 0 Å². The average Bonchev–Trinajstić information content (AvgIpc) is 1.85. The van der Waals surface area contributed by atoms with Crippen LogP contribution in [0.25, 0.3) is 0 Å². The molecule has 0 fully saturated rings. The third-order valence-electron chi connectivity index (χ3n) is 0.854. The molecule has 2 heteroatoms. The molecule has 0 saturated heterocycles. The van der Waals surface area contributed by atoms with Gasteiger partial charge in [0.15, 0.2) is 0 Å². The van der Waals surface area contributed by atoms with Crippen LogP contribution in [0.3, 0.4) is 0 Å². The second kappa shape index (κ2) is 5.35. The Bertz CT molecular complexity index is 105. The molecule has 0 N–H and O–H groups in total. The van der Waals surface area contributed by atoms with Crippen molar-refractivity contribution in [3.8, 4) is 0 Å². The summed E-state index contributed by atoms with van der Waals surface area (Å²) >= 11 is 0. The lowest BCUT2D eigenvalue weighted by atomic mass is 10.5. The van der Waals surface area contributed by atoms with E-state index in [1.807, 2.05) is 20.2 Å². The maximum absolute atomic E-state index is 3.98. The Morgan fingerprint density at radius 3 is 2.67 bits per heavy atom. The van der Waals surface area contributed by atoms with E-state index in [4.69, 9.17) is 0 Å². The summed E-state index contributed by atoms with van der Waals surface area (Å²) in [5, 5.41) is 5.76. The summed E-state index contributed by atoms with van der Waals surface area (Å²) in [5.74, 6) is 0. The van der Waals surface area contributed by atoms with Crippen LogP contribution >= 0.6 is 0 Å². The number of nitrogens with zero attached hydrogens (tertiary/aromatic N) is 2. The first-order valence-electron chi connectivity index (χ1n) is 3.19. The highest BCUT2D eigenvalue weighted by Crippen LogP contribution is 1.85. The second-order valence-corrected chi connectivity index (χ2v) is 1.74. The molecule has 0 rings (SSSR count). The molecule has 0 unspecified atom stereocenters. The Labute approximate surface area is 56.9 Å². The fourth-order valence-corrected chi connectivity index (χ4v) is 0.479. The van der Waals surface area contributed by atoms with Gasteiger partial charge in [0.2, 0.25) is 0 Å². The fourth-order valence-electron chi connectivity index (χ4n) is 0.479. The van der Waals surface area contributed by atoms with E-state index in [1.54, 1.807) is 11.2 Å². The Morgan fingerprint density at radius 1 is 1.56 bits per heavy atom. The first-order chi connectivity index (χ1) is 4.31. The number of hydrogen-bond donors (Lipinski definition) is 0. The standard InChI is InChI=1S/C7H14N2/c1-4-6-7-9(3)8-5-2/h5-7H,4H2,1-3H3/b7-6+,8-5-. The van der Waals surface area contributed by atoms with Crippen LogP contribution in [-0.2, 0) is 0 Å². The highest BCUT2D eigenvalue weighted by molar-refractivity contribution is 5.52. The van der Waals surface area contributed by atoms with E-state index in [9.17, 15) is 0 Å². The zero-order chi connectivity index (χ0) is 7.11. The minimum Gasteiger partial charge on any atom is -0.277 e. The van der Waals surface area contributed by atoms with Crippen LogP contribution in [-0.4, -0.2) is 18.3 Å².